The van der Waals surface area contributed by atoms with E-state index in [1.807, 2.05) is 0 Å². The van der Waals surface area contributed by atoms with Crippen molar-refractivity contribution in [3.63, 3.8) is 0 Å². The van der Waals surface area contributed by atoms with Gasteiger partial charge in [-0.1, -0.05) is 5.16 Å². The summed E-state index contributed by atoms with van der Waals surface area (Å²) in [5.41, 5.74) is 0. The minimum Gasteiger partial charge on any atom is -0.393 e. The van der Waals surface area contributed by atoms with E-state index in [9.17, 15) is 5.11 Å². The fourth-order valence-corrected chi connectivity index (χ4v) is 2.05. The third-order valence-electron chi connectivity index (χ3n) is 3.06. The second-order valence-electron chi connectivity index (χ2n) is 4.30. The predicted octanol–water partition coefficient (Wildman–Crippen LogP) is 1.28. The van der Waals surface area contributed by atoms with E-state index in [4.69, 9.17) is 9.26 Å². The van der Waals surface area contributed by atoms with Crippen LogP contribution in [-0.2, 0) is 11.2 Å². The summed E-state index contributed by atoms with van der Waals surface area (Å²) < 4.78 is 10.2. The topological polar surface area (TPSA) is 68.4 Å². The molecule has 1 N–H and O–H groups in total. The summed E-state index contributed by atoms with van der Waals surface area (Å²) >= 11 is 0. The molecule has 1 aromatic heterocycles. The lowest BCUT2D eigenvalue weighted by molar-refractivity contribution is 0.116. The molecule has 1 fully saturated rings. The molecule has 90 valence electrons. The van der Waals surface area contributed by atoms with Gasteiger partial charge < -0.3 is 14.4 Å². The van der Waals surface area contributed by atoms with Crippen molar-refractivity contribution >= 4 is 0 Å². The summed E-state index contributed by atoms with van der Waals surface area (Å²) in [5, 5.41) is 13.3. The van der Waals surface area contributed by atoms with Gasteiger partial charge in [0.2, 0.25) is 5.89 Å². The molecular weight excluding hydrogens is 208 g/mol. The van der Waals surface area contributed by atoms with E-state index in [-0.39, 0.29) is 6.10 Å². The Hall–Kier alpha value is -0.940. The molecule has 5 nitrogen and oxygen atoms in total. The van der Waals surface area contributed by atoms with Gasteiger partial charge in [0, 0.05) is 19.4 Å². The van der Waals surface area contributed by atoms with Gasteiger partial charge in [-0.25, -0.2) is 0 Å². The first-order chi connectivity index (χ1) is 7.79. The highest BCUT2D eigenvalue weighted by Gasteiger charge is 2.25. The van der Waals surface area contributed by atoms with Crippen molar-refractivity contribution < 1.29 is 14.4 Å². The lowest BCUT2D eigenvalue weighted by atomic mass is 9.87. The number of aliphatic hydroxyl groups is 1. The quantitative estimate of drug-likeness (QED) is 0.837. The molecule has 1 saturated carbocycles. The lowest BCUT2D eigenvalue weighted by Crippen LogP contribution is -2.17. The van der Waals surface area contributed by atoms with Crippen molar-refractivity contribution in [2.24, 2.45) is 0 Å². The molecule has 0 atom stereocenters. The fourth-order valence-electron chi connectivity index (χ4n) is 2.05. The molecular formula is C11H18N2O3. The number of methoxy groups -OCH3 is 1. The Morgan fingerprint density at radius 1 is 1.38 bits per heavy atom. The molecule has 0 spiro atoms. The maximum atomic E-state index is 9.41. The first kappa shape index (κ1) is 11.5. The summed E-state index contributed by atoms with van der Waals surface area (Å²) in [7, 11) is 1.66. The van der Waals surface area contributed by atoms with Crippen LogP contribution in [-0.4, -0.2) is 35.1 Å². The highest BCUT2D eigenvalue weighted by molar-refractivity contribution is 4.96. The van der Waals surface area contributed by atoms with Gasteiger partial charge in [0.05, 0.1) is 12.7 Å². The number of ether oxygens (including phenoxy) is 1. The molecule has 5 heteroatoms. The molecule has 1 aromatic rings. The van der Waals surface area contributed by atoms with Crippen molar-refractivity contribution in [3.8, 4) is 0 Å². The largest absolute Gasteiger partial charge is 0.393 e. The monoisotopic (exact) mass is 226 g/mol. The Bertz CT molecular complexity index is 319. The van der Waals surface area contributed by atoms with Gasteiger partial charge in [-0.3, -0.25) is 0 Å². The Morgan fingerprint density at radius 2 is 2.12 bits per heavy atom. The third kappa shape index (κ3) is 2.80. The molecule has 0 saturated heterocycles. The van der Waals surface area contributed by atoms with E-state index in [1.54, 1.807) is 7.11 Å². The van der Waals surface area contributed by atoms with Crippen LogP contribution < -0.4 is 0 Å². The van der Waals surface area contributed by atoms with E-state index in [2.05, 4.69) is 10.1 Å². The van der Waals surface area contributed by atoms with Crippen LogP contribution >= 0.6 is 0 Å². The van der Waals surface area contributed by atoms with Gasteiger partial charge in [-0.2, -0.15) is 4.98 Å². The van der Waals surface area contributed by atoms with Crippen LogP contribution in [0.4, 0.5) is 0 Å². The third-order valence-corrected chi connectivity index (χ3v) is 3.06. The van der Waals surface area contributed by atoms with Crippen LogP contribution in [0.2, 0.25) is 0 Å². The Balaban J connectivity index is 1.91. The van der Waals surface area contributed by atoms with Crippen LogP contribution in [0.25, 0.3) is 0 Å². The molecule has 0 radical (unpaired) electrons. The summed E-state index contributed by atoms with van der Waals surface area (Å²) in [6.07, 6.45) is 4.09. The van der Waals surface area contributed by atoms with E-state index in [1.165, 1.54) is 0 Å². The van der Waals surface area contributed by atoms with E-state index in [0.717, 1.165) is 31.6 Å². The highest BCUT2D eigenvalue weighted by Crippen LogP contribution is 2.31. The summed E-state index contributed by atoms with van der Waals surface area (Å²) in [6, 6.07) is 0. The van der Waals surface area contributed by atoms with Crippen LogP contribution in [0, 0.1) is 0 Å². The second-order valence-corrected chi connectivity index (χ2v) is 4.30. The van der Waals surface area contributed by atoms with E-state index in [0.29, 0.717) is 24.8 Å². The van der Waals surface area contributed by atoms with Gasteiger partial charge in [-0.15, -0.1) is 0 Å². The number of hydrogen-bond donors (Lipinski definition) is 1. The van der Waals surface area contributed by atoms with Crippen LogP contribution in [0.1, 0.15) is 43.3 Å². The first-order valence-electron chi connectivity index (χ1n) is 5.79. The number of rotatable bonds is 4. The lowest BCUT2D eigenvalue weighted by Gasteiger charge is -2.22. The first-order valence-corrected chi connectivity index (χ1v) is 5.79. The highest BCUT2D eigenvalue weighted by atomic mass is 16.5. The van der Waals surface area contributed by atoms with Crippen LogP contribution in [0.3, 0.4) is 0 Å². The van der Waals surface area contributed by atoms with Crippen molar-refractivity contribution in [3.05, 3.63) is 11.7 Å². The molecule has 0 aliphatic heterocycles. The summed E-state index contributed by atoms with van der Waals surface area (Å²) in [4.78, 5) is 4.36. The normalized spacial score (nSPS) is 25.9. The average Bonchev–Trinajstić information content (AvgIpc) is 2.76. The molecule has 0 unspecified atom stereocenters. The fraction of sp³-hybridized carbons (Fsp3) is 0.818. The molecule has 0 amide bonds. The van der Waals surface area contributed by atoms with Crippen LogP contribution in [0.5, 0.6) is 0 Å². The predicted molar refractivity (Wildman–Crippen MR) is 57.1 cm³/mol. The zero-order chi connectivity index (χ0) is 11.4. The SMILES string of the molecule is COCCc1noc(C2CCC(O)CC2)n1. The van der Waals surface area contributed by atoms with Crippen molar-refractivity contribution in [1.29, 1.82) is 0 Å². The smallest absolute Gasteiger partial charge is 0.229 e. The maximum absolute atomic E-state index is 9.41. The van der Waals surface area contributed by atoms with Gasteiger partial charge in [0.15, 0.2) is 5.82 Å². The Labute approximate surface area is 94.8 Å². The maximum Gasteiger partial charge on any atom is 0.229 e. The summed E-state index contributed by atoms with van der Waals surface area (Å²) in [6.45, 7) is 0.613. The average molecular weight is 226 g/mol. The molecule has 1 heterocycles. The van der Waals surface area contributed by atoms with Crippen molar-refractivity contribution in [2.75, 3.05) is 13.7 Å². The molecule has 16 heavy (non-hydrogen) atoms. The zero-order valence-electron chi connectivity index (χ0n) is 9.56. The molecule has 2 rings (SSSR count). The van der Waals surface area contributed by atoms with Gasteiger partial charge in [0.25, 0.3) is 0 Å². The standard InChI is InChI=1S/C11H18N2O3/c1-15-7-6-10-12-11(16-13-10)8-2-4-9(14)5-3-8/h8-9,14H,2-7H2,1H3. The van der Waals surface area contributed by atoms with Gasteiger partial charge in [-0.05, 0) is 25.7 Å². The van der Waals surface area contributed by atoms with Crippen molar-refractivity contribution in [1.82, 2.24) is 10.1 Å². The number of aromatic nitrogens is 2. The van der Waals surface area contributed by atoms with Crippen molar-refractivity contribution in [2.45, 2.75) is 44.1 Å². The number of nitrogens with zero attached hydrogens (tertiary/aromatic N) is 2. The van der Waals surface area contributed by atoms with E-state index < -0.39 is 0 Å². The Kier molecular flexibility index (Phi) is 3.90. The minimum absolute atomic E-state index is 0.146. The number of hydrogen-bond acceptors (Lipinski definition) is 5. The molecule has 1 aliphatic rings. The van der Waals surface area contributed by atoms with Crippen LogP contribution in [0.15, 0.2) is 4.52 Å². The molecule has 1 aliphatic carbocycles. The minimum atomic E-state index is -0.146. The molecule has 0 bridgehead atoms. The summed E-state index contributed by atoms with van der Waals surface area (Å²) in [5.74, 6) is 1.76. The molecule has 0 aromatic carbocycles. The van der Waals surface area contributed by atoms with E-state index >= 15 is 0 Å². The Morgan fingerprint density at radius 3 is 2.81 bits per heavy atom. The van der Waals surface area contributed by atoms with Gasteiger partial charge in [0.1, 0.15) is 0 Å². The second kappa shape index (κ2) is 5.41. The number of aliphatic hydroxyl groups excluding tert-OH is 1. The van der Waals surface area contributed by atoms with Gasteiger partial charge >= 0.3 is 0 Å². The zero-order valence-corrected chi connectivity index (χ0v) is 9.56.